The molecule has 2 aromatic carbocycles. The Morgan fingerprint density at radius 3 is 2.31 bits per heavy atom. The topological polar surface area (TPSA) is 116 Å². The van der Waals surface area contributed by atoms with Crippen LogP contribution >= 0.6 is 11.6 Å². The average molecular weight is 397 g/mol. The number of aryl methyl sites for hydroxylation is 2. The number of sulfonamides is 1. The maximum Gasteiger partial charge on any atom is 0.338 e. The van der Waals surface area contributed by atoms with Crippen molar-refractivity contribution in [1.29, 1.82) is 0 Å². The van der Waals surface area contributed by atoms with Gasteiger partial charge in [-0.1, -0.05) is 17.7 Å². The maximum absolute atomic E-state index is 12.0. The third-order valence-electron chi connectivity index (χ3n) is 3.31. The second-order valence-electron chi connectivity index (χ2n) is 5.69. The van der Waals surface area contributed by atoms with Gasteiger partial charge in [0.25, 0.3) is 5.91 Å². The minimum atomic E-state index is -4.09. The molecule has 0 aromatic heterocycles. The van der Waals surface area contributed by atoms with Crippen LogP contribution in [0.3, 0.4) is 0 Å². The number of rotatable bonds is 5. The standard InChI is InChI=1S/C17H17ClN2O5S/c1-10-5-11(2)7-13(6-10)20-16(21)9-25-17(22)12-3-4-14(18)15(8-12)26(19,23)24/h3-8H,9H2,1-2H3,(H,20,21)(H2,19,23,24). The summed E-state index contributed by atoms with van der Waals surface area (Å²) < 4.78 is 27.8. The molecule has 0 heterocycles. The lowest BCUT2D eigenvalue weighted by molar-refractivity contribution is -0.119. The maximum atomic E-state index is 12.0. The van der Waals surface area contributed by atoms with Crippen LogP contribution in [0.5, 0.6) is 0 Å². The number of ether oxygens (including phenoxy) is 1. The van der Waals surface area contributed by atoms with E-state index in [1.165, 1.54) is 12.1 Å². The Hall–Kier alpha value is -2.42. The van der Waals surface area contributed by atoms with E-state index in [1.807, 2.05) is 19.9 Å². The first kappa shape index (κ1) is 19.9. The lowest BCUT2D eigenvalue weighted by atomic mass is 10.1. The van der Waals surface area contributed by atoms with Crippen molar-refractivity contribution in [3.63, 3.8) is 0 Å². The zero-order chi connectivity index (χ0) is 19.5. The van der Waals surface area contributed by atoms with E-state index in [0.29, 0.717) is 5.69 Å². The molecule has 0 bridgehead atoms. The van der Waals surface area contributed by atoms with Crippen molar-refractivity contribution in [2.75, 3.05) is 11.9 Å². The lowest BCUT2D eigenvalue weighted by Crippen LogP contribution is -2.21. The minimum Gasteiger partial charge on any atom is -0.452 e. The van der Waals surface area contributed by atoms with Gasteiger partial charge in [-0.25, -0.2) is 18.4 Å². The predicted molar refractivity (Wildman–Crippen MR) is 97.7 cm³/mol. The number of halogens is 1. The molecule has 0 saturated carbocycles. The van der Waals surface area contributed by atoms with Crippen LogP contribution < -0.4 is 10.5 Å². The highest BCUT2D eigenvalue weighted by atomic mass is 35.5. The first-order valence-corrected chi connectivity index (χ1v) is 9.36. The summed E-state index contributed by atoms with van der Waals surface area (Å²) in [5.74, 6) is -1.40. The van der Waals surface area contributed by atoms with Crippen LogP contribution in [0.2, 0.25) is 5.02 Å². The van der Waals surface area contributed by atoms with Crippen molar-refractivity contribution in [1.82, 2.24) is 0 Å². The number of hydrogen-bond acceptors (Lipinski definition) is 5. The number of nitrogens with one attached hydrogen (secondary N) is 1. The summed E-state index contributed by atoms with van der Waals surface area (Å²) in [6, 6.07) is 9.02. The van der Waals surface area contributed by atoms with E-state index >= 15 is 0 Å². The molecule has 0 aliphatic heterocycles. The highest BCUT2D eigenvalue weighted by molar-refractivity contribution is 7.89. The van der Waals surface area contributed by atoms with Crippen LogP contribution in [0.1, 0.15) is 21.5 Å². The number of benzene rings is 2. The van der Waals surface area contributed by atoms with Gasteiger partial charge in [0.1, 0.15) is 4.90 Å². The van der Waals surface area contributed by atoms with E-state index < -0.39 is 33.4 Å². The van der Waals surface area contributed by atoms with Crippen LogP contribution in [0.25, 0.3) is 0 Å². The number of amides is 1. The molecule has 0 fully saturated rings. The molecular weight excluding hydrogens is 380 g/mol. The van der Waals surface area contributed by atoms with Crippen LogP contribution in [-0.2, 0) is 19.6 Å². The van der Waals surface area contributed by atoms with Crippen LogP contribution in [0, 0.1) is 13.8 Å². The van der Waals surface area contributed by atoms with Gasteiger partial charge in [0.15, 0.2) is 6.61 Å². The van der Waals surface area contributed by atoms with Crippen molar-refractivity contribution in [2.45, 2.75) is 18.7 Å². The minimum absolute atomic E-state index is 0.0855. The van der Waals surface area contributed by atoms with Crippen molar-refractivity contribution in [3.8, 4) is 0 Å². The van der Waals surface area contributed by atoms with Gasteiger partial charge in [-0.2, -0.15) is 0 Å². The van der Waals surface area contributed by atoms with Crippen LogP contribution in [0.15, 0.2) is 41.3 Å². The second-order valence-corrected chi connectivity index (χ2v) is 7.63. The van der Waals surface area contributed by atoms with E-state index in [1.54, 1.807) is 12.1 Å². The second kappa shape index (κ2) is 7.86. The van der Waals surface area contributed by atoms with E-state index in [-0.39, 0.29) is 10.6 Å². The number of esters is 1. The summed E-state index contributed by atoms with van der Waals surface area (Å²) in [4.78, 5) is 23.6. The van der Waals surface area contributed by atoms with Gasteiger partial charge in [0, 0.05) is 5.69 Å². The number of hydrogen-bond donors (Lipinski definition) is 2. The molecule has 1 amide bonds. The summed E-state index contributed by atoms with van der Waals surface area (Å²) >= 11 is 5.75. The Labute approximate surface area is 156 Å². The molecule has 3 N–H and O–H groups in total. The molecule has 0 aliphatic carbocycles. The fourth-order valence-corrected chi connectivity index (χ4v) is 3.38. The van der Waals surface area contributed by atoms with Gasteiger partial charge in [-0.15, -0.1) is 0 Å². The predicted octanol–water partition coefficient (Wildman–Crippen LogP) is 2.40. The summed E-state index contributed by atoms with van der Waals surface area (Å²) in [7, 11) is -4.09. The zero-order valence-corrected chi connectivity index (χ0v) is 15.6. The highest BCUT2D eigenvalue weighted by Crippen LogP contribution is 2.22. The molecule has 9 heteroatoms. The molecule has 2 rings (SSSR count). The number of carbonyl (C=O) groups is 2. The van der Waals surface area contributed by atoms with Crippen molar-refractivity contribution in [2.24, 2.45) is 5.14 Å². The molecule has 0 radical (unpaired) electrons. The molecule has 7 nitrogen and oxygen atoms in total. The summed E-state index contributed by atoms with van der Waals surface area (Å²) in [5, 5.41) is 7.54. The summed E-state index contributed by atoms with van der Waals surface area (Å²) in [6.07, 6.45) is 0. The molecule has 26 heavy (non-hydrogen) atoms. The van der Waals surface area contributed by atoms with Gasteiger partial charge in [0.05, 0.1) is 10.6 Å². The Morgan fingerprint density at radius 1 is 1.12 bits per heavy atom. The van der Waals surface area contributed by atoms with Gasteiger partial charge in [0.2, 0.25) is 10.0 Å². The van der Waals surface area contributed by atoms with Crippen molar-refractivity contribution in [3.05, 3.63) is 58.1 Å². The van der Waals surface area contributed by atoms with E-state index in [0.717, 1.165) is 17.2 Å². The van der Waals surface area contributed by atoms with E-state index in [2.05, 4.69) is 5.32 Å². The molecule has 0 spiro atoms. The number of primary sulfonamides is 1. The molecular formula is C17H17ClN2O5S. The third kappa shape index (κ3) is 5.29. The smallest absolute Gasteiger partial charge is 0.338 e. The summed E-state index contributed by atoms with van der Waals surface area (Å²) in [5.41, 5.74) is 2.46. The molecule has 0 saturated heterocycles. The fourth-order valence-electron chi connectivity index (χ4n) is 2.31. The fraction of sp³-hybridized carbons (Fsp3) is 0.176. The molecule has 0 aliphatic rings. The van der Waals surface area contributed by atoms with Crippen LogP contribution in [-0.4, -0.2) is 26.9 Å². The van der Waals surface area contributed by atoms with Gasteiger partial charge < -0.3 is 10.1 Å². The summed E-state index contributed by atoms with van der Waals surface area (Å²) in [6.45, 7) is 3.26. The van der Waals surface area contributed by atoms with Gasteiger partial charge in [-0.3, -0.25) is 4.79 Å². The monoisotopic (exact) mass is 396 g/mol. The van der Waals surface area contributed by atoms with E-state index in [4.69, 9.17) is 21.5 Å². The number of anilines is 1. The Morgan fingerprint density at radius 2 is 1.73 bits per heavy atom. The third-order valence-corrected chi connectivity index (χ3v) is 4.71. The normalized spacial score (nSPS) is 11.1. The molecule has 0 atom stereocenters. The largest absolute Gasteiger partial charge is 0.452 e. The first-order chi connectivity index (χ1) is 12.1. The molecule has 0 unspecified atom stereocenters. The SMILES string of the molecule is Cc1cc(C)cc(NC(=O)COC(=O)c2ccc(Cl)c(S(N)(=O)=O)c2)c1. The average Bonchev–Trinajstić information content (AvgIpc) is 2.51. The Balaban J connectivity index is 2.03. The highest BCUT2D eigenvalue weighted by Gasteiger charge is 2.18. The number of carbonyl (C=O) groups excluding carboxylic acids is 2. The van der Waals surface area contributed by atoms with Gasteiger partial charge in [-0.05, 0) is 55.3 Å². The zero-order valence-electron chi connectivity index (χ0n) is 14.1. The number of nitrogens with two attached hydrogens (primary N) is 1. The molecule has 2 aromatic rings. The van der Waals surface area contributed by atoms with Crippen LogP contribution in [0.4, 0.5) is 5.69 Å². The Kier molecular flexibility index (Phi) is 6.01. The van der Waals surface area contributed by atoms with E-state index in [9.17, 15) is 18.0 Å². The lowest BCUT2D eigenvalue weighted by Gasteiger charge is -2.09. The quantitative estimate of drug-likeness (QED) is 0.753. The molecule has 138 valence electrons. The Bertz CT molecular complexity index is 953. The van der Waals surface area contributed by atoms with Gasteiger partial charge >= 0.3 is 5.97 Å². The first-order valence-electron chi connectivity index (χ1n) is 7.44. The van der Waals surface area contributed by atoms with Crippen molar-refractivity contribution >= 4 is 39.2 Å². The van der Waals surface area contributed by atoms with Crippen molar-refractivity contribution < 1.29 is 22.7 Å².